The molecule has 202 valence electrons. The number of azo groups is 1. The molecule has 0 aliphatic rings. The second-order valence-corrected chi connectivity index (χ2v) is 12.9. The Kier molecular flexibility index (Phi) is 8.80. The first-order valence-corrected chi connectivity index (χ1v) is 12.4. The van der Waals surface area contributed by atoms with E-state index >= 15 is 0 Å². The number of quaternary nitrogens is 1. The summed E-state index contributed by atoms with van der Waals surface area (Å²) in [5, 5.41) is 31.4. The number of likely N-dealkylation sites (N-methyl/N-ethyl adjacent to an activating group) is 1. The van der Waals surface area contributed by atoms with Gasteiger partial charge in [-0.1, -0.05) is 53.1 Å². The van der Waals surface area contributed by atoms with Gasteiger partial charge in [-0.3, -0.25) is 4.79 Å². The molecule has 0 spiro atoms. The molecule has 0 aliphatic heterocycles. The van der Waals surface area contributed by atoms with Gasteiger partial charge in [-0.15, -0.1) is 10.2 Å². The van der Waals surface area contributed by atoms with Crippen LogP contribution in [-0.4, -0.2) is 52.9 Å². The van der Waals surface area contributed by atoms with Gasteiger partial charge >= 0.3 is 5.91 Å². The van der Waals surface area contributed by atoms with Crippen molar-refractivity contribution < 1.29 is 31.9 Å². The van der Waals surface area contributed by atoms with E-state index in [-0.39, 0.29) is 47.3 Å². The standard InChI is InChI=1S/C28H37ClN4O3.ClH/c1-27(2,3)20-12-17(13-21(25(20)35)28(4,5)6)15-32-22-11-10-18(29)14-19(22)24(26(32)36)31-30-23(34)16-33(7,8)9;/h10-14H,15-16H2,1-9H3,(H-,30,34,35,36);1H. The average molecular weight is 550 g/mol. The fourth-order valence-corrected chi connectivity index (χ4v) is 4.38. The zero-order chi connectivity index (χ0) is 27.2. The van der Waals surface area contributed by atoms with Crippen LogP contribution in [0.1, 0.15) is 58.2 Å². The second-order valence-electron chi connectivity index (χ2n) is 12.5. The lowest BCUT2D eigenvalue weighted by molar-refractivity contribution is -0.862. The van der Waals surface area contributed by atoms with Gasteiger partial charge in [0.1, 0.15) is 5.75 Å². The number of benzene rings is 2. The number of rotatable bonds is 5. The minimum Gasteiger partial charge on any atom is -1.00 e. The number of aromatic hydroxyl groups is 2. The summed E-state index contributed by atoms with van der Waals surface area (Å²) < 4.78 is 2.15. The minimum absolute atomic E-state index is 0. The van der Waals surface area contributed by atoms with E-state index < -0.39 is 0 Å². The highest BCUT2D eigenvalue weighted by Gasteiger charge is 2.27. The highest BCUT2D eigenvalue weighted by molar-refractivity contribution is 6.31. The number of aromatic nitrogens is 1. The van der Waals surface area contributed by atoms with Gasteiger partial charge in [0.2, 0.25) is 5.88 Å². The van der Waals surface area contributed by atoms with Crippen molar-refractivity contribution in [1.29, 1.82) is 0 Å². The molecular formula is C28H38Cl2N4O3. The molecule has 2 aromatic carbocycles. The number of amides is 1. The van der Waals surface area contributed by atoms with Gasteiger partial charge in [0.25, 0.3) is 0 Å². The summed E-state index contributed by atoms with van der Waals surface area (Å²) in [5.74, 6) is -0.179. The van der Waals surface area contributed by atoms with Crippen molar-refractivity contribution in [3.63, 3.8) is 0 Å². The molecule has 2 N–H and O–H groups in total. The summed E-state index contributed by atoms with van der Waals surface area (Å²) in [6.45, 7) is 12.9. The van der Waals surface area contributed by atoms with Crippen molar-refractivity contribution in [2.24, 2.45) is 10.2 Å². The number of halogens is 2. The number of carbonyl (C=O) groups is 1. The summed E-state index contributed by atoms with van der Waals surface area (Å²) in [6, 6.07) is 9.25. The van der Waals surface area contributed by atoms with Crippen LogP contribution >= 0.6 is 11.6 Å². The SMILES string of the molecule is CC(C)(C)c1cc(Cn2c(O)c(N=NC(=O)C[N+](C)(C)C)c3cc(Cl)ccc32)cc(C(C)(C)C)c1O.[Cl-]. The molecule has 9 heteroatoms. The maximum absolute atomic E-state index is 12.3. The van der Waals surface area contributed by atoms with Crippen LogP contribution in [0.25, 0.3) is 10.9 Å². The lowest BCUT2D eigenvalue weighted by atomic mass is 9.78. The van der Waals surface area contributed by atoms with E-state index in [0.29, 0.717) is 32.7 Å². The number of hydrogen-bond donors (Lipinski definition) is 2. The van der Waals surface area contributed by atoms with E-state index in [9.17, 15) is 15.0 Å². The molecule has 3 rings (SSSR count). The molecule has 3 aromatic rings. The first kappa shape index (κ1) is 30.6. The zero-order valence-corrected chi connectivity index (χ0v) is 24.7. The van der Waals surface area contributed by atoms with Crippen LogP contribution in [0, 0.1) is 0 Å². The lowest BCUT2D eigenvalue weighted by Gasteiger charge is -2.28. The summed E-state index contributed by atoms with van der Waals surface area (Å²) >= 11 is 6.26. The summed E-state index contributed by atoms with van der Waals surface area (Å²) in [4.78, 5) is 12.3. The molecule has 0 bridgehead atoms. The molecule has 1 aromatic heterocycles. The van der Waals surface area contributed by atoms with E-state index in [0.717, 1.165) is 16.7 Å². The first-order valence-electron chi connectivity index (χ1n) is 12.0. The smallest absolute Gasteiger partial charge is 0.319 e. The molecule has 0 fully saturated rings. The van der Waals surface area contributed by atoms with Crippen LogP contribution < -0.4 is 12.4 Å². The Balaban J connectivity index is 0.00000481. The average Bonchev–Trinajstić information content (AvgIpc) is 2.95. The van der Waals surface area contributed by atoms with Gasteiger partial charge < -0.3 is 31.7 Å². The minimum atomic E-state index is -0.381. The molecule has 0 saturated heterocycles. The van der Waals surface area contributed by atoms with Crippen LogP contribution in [0.15, 0.2) is 40.6 Å². The molecule has 0 aliphatic carbocycles. The van der Waals surface area contributed by atoms with E-state index in [4.69, 9.17) is 11.6 Å². The molecule has 1 amide bonds. The Bertz CT molecular complexity index is 1310. The summed E-state index contributed by atoms with van der Waals surface area (Å²) in [5.41, 5.74) is 2.97. The van der Waals surface area contributed by atoms with Gasteiger partial charge in [-0.25, -0.2) is 0 Å². The molecule has 0 unspecified atom stereocenters. The number of hydrogen-bond acceptors (Lipinski definition) is 4. The third kappa shape index (κ3) is 7.03. The van der Waals surface area contributed by atoms with E-state index in [1.165, 1.54) is 0 Å². The fourth-order valence-electron chi connectivity index (χ4n) is 4.21. The topological polar surface area (TPSA) is 87.2 Å². The van der Waals surface area contributed by atoms with Crippen molar-refractivity contribution in [3.8, 4) is 11.6 Å². The number of carbonyl (C=O) groups excluding carboxylic acids is 1. The number of phenolic OH excluding ortho intramolecular Hbond substituents is 1. The summed E-state index contributed by atoms with van der Waals surface area (Å²) in [7, 11) is 5.68. The molecular weight excluding hydrogens is 511 g/mol. The Morgan fingerprint density at radius 2 is 1.51 bits per heavy atom. The monoisotopic (exact) mass is 548 g/mol. The third-order valence-electron chi connectivity index (χ3n) is 5.97. The predicted octanol–water partition coefficient (Wildman–Crippen LogP) is 3.67. The Morgan fingerprint density at radius 1 is 0.973 bits per heavy atom. The highest BCUT2D eigenvalue weighted by Crippen LogP contribution is 2.43. The largest absolute Gasteiger partial charge is 1.00 e. The van der Waals surface area contributed by atoms with Gasteiger partial charge in [0.05, 0.1) is 33.2 Å². The van der Waals surface area contributed by atoms with Crippen LogP contribution in [0.2, 0.25) is 5.02 Å². The van der Waals surface area contributed by atoms with Crippen LogP contribution in [-0.2, 0) is 22.2 Å². The maximum Gasteiger partial charge on any atom is 0.319 e. The van der Waals surface area contributed by atoms with E-state index in [1.807, 2.05) is 39.3 Å². The number of fused-ring (bicyclic) bond motifs is 1. The normalized spacial score (nSPS) is 12.8. The maximum atomic E-state index is 12.3. The second kappa shape index (κ2) is 10.6. The first-order chi connectivity index (χ1) is 16.4. The molecule has 0 atom stereocenters. The van der Waals surface area contributed by atoms with Crippen LogP contribution in [0.3, 0.4) is 0 Å². The third-order valence-corrected chi connectivity index (χ3v) is 6.20. The predicted molar refractivity (Wildman–Crippen MR) is 146 cm³/mol. The molecule has 37 heavy (non-hydrogen) atoms. The van der Waals surface area contributed by atoms with Gasteiger partial charge in [-0.2, -0.15) is 0 Å². The highest BCUT2D eigenvalue weighted by atomic mass is 35.5. The Hall–Kier alpha value is -2.61. The van der Waals surface area contributed by atoms with Gasteiger partial charge in [0, 0.05) is 10.4 Å². The van der Waals surface area contributed by atoms with Crippen molar-refractivity contribution in [2.45, 2.75) is 58.9 Å². The Morgan fingerprint density at radius 3 is 2.00 bits per heavy atom. The van der Waals surface area contributed by atoms with Gasteiger partial charge in [-0.05, 0) is 57.9 Å². The lowest BCUT2D eigenvalue weighted by Crippen LogP contribution is -3.00. The van der Waals surface area contributed by atoms with Crippen molar-refractivity contribution in [2.75, 3.05) is 27.7 Å². The van der Waals surface area contributed by atoms with Crippen molar-refractivity contribution in [3.05, 3.63) is 52.0 Å². The fraction of sp³-hybridized carbons (Fsp3) is 0.464. The van der Waals surface area contributed by atoms with Crippen LogP contribution in [0.4, 0.5) is 5.69 Å². The quantitative estimate of drug-likeness (QED) is 0.376. The van der Waals surface area contributed by atoms with Crippen LogP contribution in [0.5, 0.6) is 11.6 Å². The molecule has 7 nitrogen and oxygen atoms in total. The van der Waals surface area contributed by atoms with Crippen molar-refractivity contribution >= 4 is 34.1 Å². The van der Waals surface area contributed by atoms with Crippen molar-refractivity contribution in [1.82, 2.24) is 4.57 Å². The van der Waals surface area contributed by atoms with E-state index in [2.05, 4.69) is 51.8 Å². The summed E-state index contributed by atoms with van der Waals surface area (Å²) in [6.07, 6.45) is 0. The Labute approximate surface area is 230 Å². The molecule has 1 heterocycles. The number of nitrogens with zero attached hydrogens (tertiary/aromatic N) is 4. The zero-order valence-electron chi connectivity index (χ0n) is 23.1. The van der Waals surface area contributed by atoms with E-state index in [1.54, 1.807) is 16.7 Å². The van der Waals surface area contributed by atoms with Gasteiger partial charge in [0.15, 0.2) is 12.2 Å². The molecule has 0 saturated carbocycles. The molecule has 0 radical (unpaired) electrons. The number of phenols is 1.